The largest absolute Gasteiger partial charge is 0.457 e. The summed E-state index contributed by atoms with van der Waals surface area (Å²) in [6.45, 7) is 9.04. The fraction of sp³-hybridized carbons (Fsp3) is 0.310. The number of aromatic nitrogens is 2. The molecule has 0 N–H and O–H groups in total. The van der Waals surface area contributed by atoms with Crippen LogP contribution in [0.5, 0.6) is 11.5 Å². The summed E-state index contributed by atoms with van der Waals surface area (Å²) in [5, 5.41) is 0.462. The Bertz CT molecular complexity index is 1430. The first-order chi connectivity index (χ1) is 17.4. The minimum Gasteiger partial charge on any atom is -0.457 e. The Morgan fingerprint density at radius 2 is 1.83 bits per heavy atom. The fourth-order valence-electron chi connectivity index (χ4n) is 4.63. The zero-order valence-electron chi connectivity index (χ0n) is 20.8. The highest BCUT2D eigenvalue weighted by Gasteiger charge is 2.25. The van der Waals surface area contributed by atoms with Crippen molar-refractivity contribution >= 4 is 10.9 Å². The molecule has 1 saturated heterocycles. The molecular formula is C29H30FN3O3. The van der Waals surface area contributed by atoms with E-state index in [1.54, 1.807) is 34.9 Å². The van der Waals surface area contributed by atoms with Crippen molar-refractivity contribution in [1.29, 1.82) is 0 Å². The minimum atomic E-state index is -0.336. The summed E-state index contributed by atoms with van der Waals surface area (Å²) in [6, 6.07) is 19.4. The molecule has 1 aliphatic heterocycles. The SMILES string of the molecule is Cc1ccccc1-c1nc2ccc(Oc3ccc(F)cc3)cc2c(=O)n1CC1CN(C(C)C)CCO1. The third-order valence-electron chi connectivity index (χ3n) is 6.65. The molecule has 4 aromatic rings. The smallest absolute Gasteiger partial charge is 0.261 e. The summed E-state index contributed by atoms with van der Waals surface area (Å²) in [4.78, 5) is 21.2. The summed E-state index contributed by atoms with van der Waals surface area (Å²) in [6.07, 6.45) is -0.125. The van der Waals surface area contributed by atoms with Crippen LogP contribution in [-0.2, 0) is 11.3 Å². The molecule has 3 aromatic carbocycles. The molecule has 1 aliphatic rings. The zero-order valence-corrected chi connectivity index (χ0v) is 20.8. The van der Waals surface area contributed by atoms with Gasteiger partial charge in [-0.05, 0) is 68.8 Å². The lowest BCUT2D eigenvalue weighted by Gasteiger charge is -2.36. The summed E-state index contributed by atoms with van der Waals surface area (Å²) < 4.78 is 27.0. The maximum Gasteiger partial charge on any atom is 0.261 e. The van der Waals surface area contributed by atoms with Gasteiger partial charge in [0.05, 0.1) is 30.2 Å². The molecule has 7 heteroatoms. The standard InChI is InChI=1S/C29H30FN3O3/c1-19(2)32-14-15-35-24(17-32)18-33-28(25-7-5-4-6-20(25)3)31-27-13-12-23(16-26(27)29(33)34)36-22-10-8-21(30)9-11-22/h4-13,16,19,24H,14-15,17-18H2,1-3H3. The Balaban J connectivity index is 1.58. The van der Waals surface area contributed by atoms with Crippen LogP contribution in [0.15, 0.2) is 71.5 Å². The molecule has 186 valence electrons. The van der Waals surface area contributed by atoms with Crippen molar-refractivity contribution in [3.05, 3.63) is 88.5 Å². The molecule has 2 heterocycles. The lowest BCUT2D eigenvalue weighted by atomic mass is 10.1. The van der Waals surface area contributed by atoms with E-state index in [1.807, 2.05) is 31.2 Å². The van der Waals surface area contributed by atoms with Gasteiger partial charge in [0.1, 0.15) is 23.1 Å². The number of morpholine rings is 1. The second kappa shape index (κ2) is 10.2. The molecule has 0 spiro atoms. The Morgan fingerprint density at radius 3 is 2.58 bits per heavy atom. The van der Waals surface area contributed by atoms with Crippen molar-refractivity contribution in [3.8, 4) is 22.9 Å². The number of ether oxygens (including phenoxy) is 2. The molecule has 1 unspecified atom stereocenters. The summed E-state index contributed by atoms with van der Waals surface area (Å²) in [5.74, 6) is 1.27. The van der Waals surface area contributed by atoms with Crippen LogP contribution in [-0.4, -0.2) is 46.3 Å². The predicted octanol–water partition coefficient (Wildman–Crippen LogP) is 5.41. The number of hydrogen-bond acceptors (Lipinski definition) is 5. The van der Waals surface area contributed by atoms with Crippen LogP contribution in [0, 0.1) is 12.7 Å². The van der Waals surface area contributed by atoms with E-state index >= 15 is 0 Å². The minimum absolute atomic E-state index is 0.125. The molecule has 0 bridgehead atoms. The molecule has 1 fully saturated rings. The number of nitrogens with zero attached hydrogens (tertiary/aromatic N) is 3. The molecule has 1 atom stereocenters. The Labute approximate surface area is 209 Å². The normalized spacial score (nSPS) is 16.5. The first-order valence-electron chi connectivity index (χ1n) is 12.3. The first-order valence-corrected chi connectivity index (χ1v) is 12.3. The maximum absolute atomic E-state index is 13.9. The van der Waals surface area contributed by atoms with Crippen LogP contribution in [0.3, 0.4) is 0 Å². The van der Waals surface area contributed by atoms with Crippen LogP contribution in [0.25, 0.3) is 22.3 Å². The monoisotopic (exact) mass is 487 g/mol. The number of benzene rings is 3. The molecule has 0 aliphatic carbocycles. The third-order valence-corrected chi connectivity index (χ3v) is 6.65. The van der Waals surface area contributed by atoms with E-state index in [-0.39, 0.29) is 17.5 Å². The average molecular weight is 488 g/mol. The molecule has 1 aromatic heterocycles. The lowest BCUT2D eigenvalue weighted by molar-refractivity contribution is -0.0458. The van der Waals surface area contributed by atoms with Crippen LogP contribution >= 0.6 is 0 Å². The van der Waals surface area contributed by atoms with Gasteiger partial charge >= 0.3 is 0 Å². The van der Waals surface area contributed by atoms with Crippen molar-refractivity contribution in [2.45, 2.75) is 39.5 Å². The van der Waals surface area contributed by atoms with Crippen LogP contribution in [0.1, 0.15) is 19.4 Å². The highest BCUT2D eigenvalue weighted by atomic mass is 19.1. The number of rotatable bonds is 6. The van der Waals surface area contributed by atoms with Gasteiger partial charge in [0.2, 0.25) is 0 Å². The summed E-state index contributed by atoms with van der Waals surface area (Å²) in [7, 11) is 0. The van der Waals surface area contributed by atoms with Gasteiger partial charge in [0.15, 0.2) is 0 Å². The highest BCUT2D eigenvalue weighted by molar-refractivity contribution is 5.81. The van der Waals surface area contributed by atoms with Crippen LogP contribution in [0.2, 0.25) is 0 Å². The number of aryl methyl sites for hydroxylation is 1. The molecule has 5 rings (SSSR count). The Morgan fingerprint density at radius 1 is 1.08 bits per heavy atom. The highest BCUT2D eigenvalue weighted by Crippen LogP contribution is 2.27. The molecule has 0 radical (unpaired) electrons. The van der Waals surface area contributed by atoms with E-state index < -0.39 is 0 Å². The summed E-state index contributed by atoms with van der Waals surface area (Å²) in [5.41, 5.74) is 2.41. The Kier molecular flexibility index (Phi) is 6.85. The van der Waals surface area contributed by atoms with E-state index in [4.69, 9.17) is 14.5 Å². The van der Waals surface area contributed by atoms with Gasteiger partial charge in [-0.15, -0.1) is 0 Å². The van der Waals surface area contributed by atoms with Gasteiger partial charge in [-0.2, -0.15) is 0 Å². The number of fused-ring (bicyclic) bond motifs is 1. The molecular weight excluding hydrogens is 457 g/mol. The average Bonchev–Trinajstić information content (AvgIpc) is 2.88. The van der Waals surface area contributed by atoms with Crippen LogP contribution < -0.4 is 10.3 Å². The Hall–Kier alpha value is -3.55. The van der Waals surface area contributed by atoms with Gasteiger partial charge in [0.25, 0.3) is 5.56 Å². The fourth-order valence-corrected chi connectivity index (χ4v) is 4.63. The second-order valence-corrected chi connectivity index (χ2v) is 9.48. The van der Waals surface area contributed by atoms with Gasteiger partial charge in [-0.1, -0.05) is 24.3 Å². The van der Waals surface area contributed by atoms with Crippen LogP contribution in [0.4, 0.5) is 4.39 Å². The lowest BCUT2D eigenvalue weighted by Crippen LogP contribution is -2.48. The number of halogens is 1. The summed E-state index contributed by atoms with van der Waals surface area (Å²) >= 11 is 0. The van der Waals surface area contributed by atoms with Gasteiger partial charge < -0.3 is 9.47 Å². The van der Waals surface area contributed by atoms with Crippen molar-refractivity contribution in [2.75, 3.05) is 19.7 Å². The van der Waals surface area contributed by atoms with Crippen molar-refractivity contribution in [3.63, 3.8) is 0 Å². The van der Waals surface area contributed by atoms with Gasteiger partial charge in [-0.25, -0.2) is 9.37 Å². The molecule has 0 amide bonds. The molecule has 6 nitrogen and oxygen atoms in total. The first kappa shape index (κ1) is 24.2. The second-order valence-electron chi connectivity index (χ2n) is 9.48. The predicted molar refractivity (Wildman–Crippen MR) is 139 cm³/mol. The van der Waals surface area contributed by atoms with E-state index in [9.17, 15) is 9.18 Å². The zero-order chi connectivity index (χ0) is 25.2. The van der Waals surface area contributed by atoms with Crippen molar-refractivity contribution in [1.82, 2.24) is 14.5 Å². The van der Waals surface area contributed by atoms with E-state index in [1.165, 1.54) is 12.1 Å². The third kappa shape index (κ3) is 5.03. The molecule has 0 saturated carbocycles. The van der Waals surface area contributed by atoms with Crippen molar-refractivity contribution < 1.29 is 13.9 Å². The topological polar surface area (TPSA) is 56.6 Å². The van der Waals surface area contributed by atoms with E-state index in [0.29, 0.717) is 47.4 Å². The van der Waals surface area contributed by atoms with E-state index in [2.05, 4.69) is 18.7 Å². The van der Waals surface area contributed by atoms with Gasteiger partial charge in [0, 0.05) is 24.7 Å². The van der Waals surface area contributed by atoms with Crippen molar-refractivity contribution in [2.24, 2.45) is 0 Å². The number of hydrogen-bond donors (Lipinski definition) is 0. The molecule has 36 heavy (non-hydrogen) atoms. The quantitative estimate of drug-likeness (QED) is 0.364. The van der Waals surface area contributed by atoms with Gasteiger partial charge in [-0.3, -0.25) is 14.3 Å². The van der Waals surface area contributed by atoms with E-state index in [0.717, 1.165) is 24.2 Å². The maximum atomic E-state index is 13.9.